The topological polar surface area (TPSA) is 15.3 Å². The van der Waals surface area contributed by atoms with E-state index in [2.05, 4.69) is 23.8 Å². The molecule has 1 saturated heterocycles. The van der Waals surface area contributed by atoms with Crippen LogP contribution in [0.3, 0.4) is 0 Å². The highest BCUT2D eigenvalue weighted by atomic mass is 19.1. The SMILES string of the molecule is C=C(NC(c1cccc(F)c1)c1ccc(C(C)C)c(F)c1)C1CCCN1C. The minimum atomic E-state index is -0.349. The van der Waals surface area contributed by atoms with Gasteiger partial charge in [0.25, 0.3) is 0 Å². The van der Waals surface area contributed by atoms with E-state index in [0.29, 0.717) is 5.56 Å². The molecule has 2 nitrogen and oxygen atoms in total. The van der Waals surface area contributed by atoms with Gasteiger partial charge in [-0.2, -0.15) is 0 Å². The van der Waals surface area contributed by atoms with Crippen molar-refractivity contribution in [3.8, 4) is 0 Å². The highest BCUT2D eigenvalue weighted by Crippen LogP contribution is 2.29. The molecule has 0 aliphatic carbocycles. The van der Waals surface area contributed by atoms with Crippen LogP contribution < -0.4 is 5.32 Å². The molecule has 0 aromatic heterocycles. The molecular weight excluding hydrogens is 342 g/mol. The van der Waals surface area contributed by atoms with Gasteiger partial charge in [0.05, 0.1) is 6.04 Å². The van der Waals surface area contributed by atoms with Crippen LogP contribution in [0, 0.1) is 11.6 Å². The Morgan fingerprint density at radius 3 is 2.48 bits per heavy atom. The maximum atomic E-state index is 14.6. The second-order valence-electron chi connectivity index (χ2n) is 7.73. The lowest BCUT2D eigenvalue weighted by Gasteiger charge is -2.28. The minimum Gasteiger partial charge on any atom is -0.377 e. The standard InChI is InChI=1S/C23H28F2N2/c1-15(2)20-11-10-18(14-21(20)25)23(17-7-5-8-19(24)13-17)26-16(3)22-9-6-12-27(22)4/h5,7-8,10-11,13-15,22-23,26H,3,6,9,12H2,1-2,4H3. The normalized spacial score (nSPS) is 18.7. The first-order chi connectivity index (χ1) is 12.9. The maximum absolute atomic E-state index is 14.6. The largest absolute Gasteiger partial charge is 0.377 e. The number of nitrogens with zero attached hydrogens (tertiary/aromatic N) is 1. The first-order valence-corrected chi connectivity index (χ1v) is 9.57. The molecule has 1 N–H and O–H groups in total. The minimum absolute atomic E-state index is 0.113. The molecule has 1 fully saturated rings. The monoisotopic (exact) mass is 370 g/mol. The lowest BCUT2D eigenvalue weighted by Crippen LogP contribution is -2.35. The summed E-state index contributed by atoms with van der Waals surface area (Å²) in [5, 5.41) is 3.46. The average Bonchev–Trinajstić information content (AvgIpc) is 3.05. The van der Waals surface area contributed by atoms with E-state index in [-0.39, 0.29) is 29.6 Å². The number of likely N-dealkylation sites (tertiary alicyclic amines) is 1. The number of halogens is 2. The van der Waals surface area contributed by atoms with Crippen LogP contribution in [0.25, 0.3) is 0 Å². The number of nitrogens with one attached hydrogen (secondary N) is 1. The van der Waals surface area contributed by atoms with Gasteiger partial charge in [-0.3, -0.25) is 4.90 Å². The zero-order chi connectivity index (χ0) is 19.6. The van der Waals surface area contributed by atoms with Crippen molar-refractivity contribution < 1.29 is 8.78 Å². The Morgan fingerprint density at radius 1 is 1.15 bits per heavy atom. The van der Waals surface area contributed by atoms with Crippen molar-refractivity contribution in [1.82, 2.24) is 10.2 Å². The zero-order valence-corrected chi connectivity index (χ0v) is 16.3. The van der Waals surface area contributed by atoms with Gasteiger partial charge in [-0.15, -0.1) is 0 Å². The summed E-state index contributed by atoms with van der Waals surface area (Å²) in [6.45, 7) is 9.20. The summed E-state index contributed by atoms with van der Waals surface area (Å²) >= 11 is 0. The molecule has 0 radical (unpaired) electrons. The van der Waals surface area contributed by atoms with Crippen molar-refractivity contribution in [3.63, 3.8) is 0 Å². The van der Waals surface area contributed by atoms with E-state index in [4.69, 9.17) is 0 Å². The van der Waals surface area contributed by atoms with Crippen molar-refractivity contribution in [2.75, 3.05) is 13.6 Å². The van der Waals surface area contributed by atoms with Gasteiger partial charge in [0, 0.05) is 11.7 Å². The second kappa shape index (κ2) is 8.22. The van der Waals surface area contributed by atoms with Crippen molar-refractivity contribution >= 4 is 0 Å². The highest BCUT2D eigenvalue weighted by Gasteiger charge is 2.26. The molecule has 0 spiro atoms. The van der Waals surface area contributed by atoms with Gasteiger partial charge >= 0.3 is 0 Å². The molecule has 2 aromatic rings. The number of hydrogen-bond acceptors (Lipinski definition) is 2. The molecule has 4 heteroatoms. The second-order valence-corrected chi connectivity index (χ2v) is 7.73. The van der Waals surface area contributed by atoms with Gasteiger partial charge in [-0.05, 0) is 67.2 Å². The van der Waals surface area contributed by atoms with Crippen LogP contribution in [0.4, 0.5) is 8.78 Å². The van der Waals surface area contributed by atoms with E-state index >= 15 is 0 Å². The van der Waals surface area contributed by atoms with E-state index in [0.717, 1.165) is 36.2 Å². The van der Waals surface area contributed by atoms with E-state index in [1.165, 1.54) is 12.1 Å². The van der Waals surface area contributed by atoms with E-state index < -0.39 is 0 Å². The van der Waals surface area contributed by atoms with Crippen molar-refractivity contribution in [2.24, 2.45) is 0 Å². The number of rotatable bonds is 6. The Hall–Kier alpha value is -2.20. The molecule has 0 saturated carbocycles. The van der Waals surface area contributed by atoms with Gasteiger partial charge < -0.3 is 5.32 Å². The van der Waals surface area contributed by atoms with Gasteiger partial charge in [0.1, 0.15) is 11.6 Å². The molecular formula is C23H28F2N2. The van der Waals surface area contributed by atoms with Crippen LogP contribution in [0.15, 0.2) is 54.7 Å². The number of likely N-dealkylation sites (N-methyl/N-ethyl adjacent to an activating group) is 1. The molecule has 1 aliphatic heterocycles. The molecule has 27 heavy (non-hydrogen) atoms. The molecule has 2 atom stereocenters. The van der Waals surface area contributed by atoms with Gasteiger partial charge in [-0.25, -0.2) is 8.78 Å². The third-order valence-electron chi connectivity index (χ3n) is 5.41. The molecule has 3 rings (SSSR count). The quantitative estimate of drug-likeness (QED) is 0.735. The van der Waals surface area contributed by atoms with E-state index in [9.17, 15) is 8.78 Å². The smallest absolute Gasteiger partial charge is 0.127 e. The van der Waals surface area contributed by atoms with E-state index in [1.54, 1.807) is 12.1 Å². The van der Waals surface area contributed by atoms with Gasteiger partial charge in [0.2, 0.25) is 0 Å². The fourth-order valence-electron chi connectivity index (χ4n) is 3.87. The predicted molar refractivity (Wildman–Crippen MR) is 107 cm³/mol. The highest BCUT2D eigenvalue weighted by molar-refractivity contribution is 5.36. The van der Waals surface area contributed by atoms with Crippen LogP contribution in [0.1, 0.15) is 55.3 Å². The first-order valence-electron chi connectivity index (χ1n) is 9.57. The number of benzene rings is 2. The van der Waals surface area contributed by atoms with Crippen LogP contribution in [-0.4, -0.2) is 24.5 Å². The molecule has 0 bridgehead atoms. The lowest BCUT2D eigenvalue weighted by atomic mass is 9.94. The third-order valence-corrected chi connectivity index (χ3v) is 5.41. The van der Waals surface area contributed by atoms with Gasteiger partial charge in [-0.1, -0.05) is 44.7 Å². The molecule has 1 aliphatic rings. The van der Waals surface area contributed by atoms with Crippen LogP contribution in [0.5, 0.6) is 0 Å². The van der Waals surface area contributed by atoms with Crippen LogP contribution in [-0.2, 0) is 0 Å². The van der Waals surface area contributed by atoms with Crippen LogP contribution >= 0.6 is 0 Å². The zero-order valence-electron chi connectivity index (χ0n) is 16.3. The fourth-order valence-corrected chi connectivity index (χ4v) is 3.87. The Bertz CT molecular complexity index is 816. The Kier molecular flexibility index (Phi) is 5.95. The molecule has 2 unspecified atom stereocenters. The molecule has 2 aromatic carbocycles. The summed E-state index contributed by atoms with van der Waals surface area (Å²) in [6, 6.07) is 11.7. The third kappa shape index (κ3) is 4.38. The Morgan fingerprint density at radius 2 is 1.89 bits per heavy atom. The van der Waals surface area contributed by atoms with E-state index in [1.807, 2.05) is 32.0 Å². The Balaban J connectivity index is 1.95. The van der Waals surface area contributed by atoms with Crippen molar-refractivity contribution in [3.05, 3.63) is 83.1 Å². The fraction of sp³-hybridized carbons (Fsp3) is 0.391. The summed E-state index contributed by atoms with van der Waals surface area (Å²) in [7, 11) is 2.08. The van der Waals surface area contributed by atoms with Gasteiger partial charge in [0.15, 0.2) is 0 Å². The Labute approximate surface area is 160 Å². The molecule has 144 valence electrons. The predicted octanol–water partition coefficient (Wildman–Crippen LogP) is 5.38. The summed E-state index contributed by atoms with van der Waals surface area (Å²) in [5.41, 5.74) is 3.10. The molecule has 1 heterocycles. The van der Waals surface area contributed by atoms with Crippen LogP contribution in [0.2, 0.25) is 0 Å². The van der Waals surface area contributed by atoms with Crippen molar-refractivity contribution in [1.29, 1.82) is 0 Å². The summed E-state index contributed by atoms with van der Waals surface area (Å²) in [4.78, 5) is 2.26. The van der Waals surface area contributed by atoms with Crippen molar-refractivity contribution in [2.45, 2.75) is 44.7 Å². The number of hydrogen-bond donors (Lipinski definition) is 1. The summed E-state index contributed by atoms with van der Waals surface area (Å²) in [6.07, 6.45) is 2.17. The lowest BCUT2D eigenvalue weighted by molar-refractivity contribution is 0.331. The maximum Gasteiger partial charge on any atom is 0.127 e. The summed E-state index contributed by atoms with van der Waals surface area (Å²) in [5.74, 6) is -0.418. The average molecular weight is 370 g/mol. The molecule has 0 amide bonds. The summed E-state index contributed by atoms with van der Waals surface area (Å²) < 4.78 is 28.5. The first kappa shape index (κ1) is 19.6.